The van der Waals surface area contributed by atoms with E-state index in [1.807, 2.05) is 0 Å². The van der Waals surface area contributed by atoms with Crippen molar-refractivity contribution in [2.45, 2.75) is 0 Å². The largest absolute Gasteiger partial charge is 2.00 e. The van der Waals surface area contributed by atoms with Gasteiger partial charge in [0.25, 0.3) is 0 Å². The topological polar surface area (TPSA) is 102 Å². The third-order valence-electron chi connectivity index (χ3n) is 0.569. The molecule has 0 rings (SSSR count). The summed E-state index contributed by atoms with van der Waals surface area (Å²) >= 11 is 0. The predicted molar refractivity (Wildman–Crippen MR) is 24.5 cm³/mol. The van der Waals surface area contributed by atoms with Gasteiger partial charge in [0.15, 0.2) is 0 Å². The van der Waals surface area contributed by atoms with Gasteiger partial charge in [-0.15, -0.1) is 0 Å². The number of oxime groups is 1. The van der Waals surface area contributed by atoms with Crippen molar-refractivity contribution in [2.75, 3.05) is 7.11 Å². The van der Waals surface area contributed by atoms with Gasteiger partial charge in [-0.3, -0.25) is 0 Å². The SMILES string of the molecule is CON=C(C(=O)[O-])C(=O)[O-].[Ag+2]. The Bertz CT molecular complexity index is 173. The van der Waals surface area contributed by atoms with E-state index in [1.54, 1.807) is 0 Å². The van der Waals surface area contributed by atoms with Crippen LogP contribution in [-0.2, 0) is 36.8 Å². The average molecular weight is 253 g/mol. The van der Waals surface area contributed by atoms with Gasteiger partial charge in [0.2, 0.25) is 0 Å². The Morgan fingerprint density at radius 1 is 1.27 bits per heavy atom. The van der Waals surface area contributed by atoms with Crippen molar-refractivity contribution in [2.24, 2.45) is 5.16 Å². The second-order valence-electron chi connectivity index (χ2n) is 1.20. The number of carbonyl (C=O) groups excluding carboxylic acids is 2. The molecule has 0 amide bonds. The first-order chi connectivity index (χ1) is 4.59. The minimum Gasteiger partial charge on any atom is -0.543 e. The van der Waals surface area contributed by atoms with Crippen molar-refractivity contribution in [3.63, 3.8) is 0 Å². The first-order valence-corrected chi connectivity index (χ1v) is 2.13. The molecule has 0 saturated heterocycles. The van der Waals surface area contributed by atoms with Gasteiger partial charge in [-0.05, 0) is 0 Å². The molecule has 0 aromatic rings. The van der Waals surface area contributed by atoms with E-state index < -0.39 is 17.7 Å². The quantitative estimate of drug-likeness (QED) is 0.224. The Hall–Kier alpha value is -0.850. The molecule has 0 fully saturated rings. The molecule has 65 valence electrons. The van der Waals surface area contributed by atoms with Crippen LogP contribution in [0.1, 0.15) is 0 Å². The van der Waals surface area contributed by atoms with E-state index in [0.29, 0.717) is 0 Å². The molecule has 0 N–H and O–H groups in total. The van der Waals surface area contributed by atoms with E-state index in [-0.39, 0.29) is 22.4 Å². The van der Waals surface area contributed by atoms with E-state index in [4.69, 9.17) is 0 Å². The van der Waals surface area contributed by atoms with Crippen molar-refractivity contribution >= 4 is 17.7 Å². The normalized spacial score (nSPS) is 7.36. The molecular formula is C4H3AgNO5. The summed E-state index contributed by atoms with van der Waals surface area (Å²) in [5.41, 5.74) is -1.26. The summed E-state index contributed by atoms with van der Waals surface area (Å²) in [6, 6.07) is 0. The molecule has 0 aliphatic heterocycles. The van der Waals surface area contributed by atoms with Crippen LogP contribution in [0.3, 0.4) is 0 Å². The van der Waals surface area contributed by atoms with Gasteiger partial charge in [0, 0.05) is 0 Å². The third-order valence-corrected chi connectivity index (χ3v) is 0.569. The fourth-order valence-corrected chi connectivity index (χ4v) is 0.249. The number of rotatable bonds is 3. The monoisotopic (exact) mass is 252 g/mol. The smallest absolute Gasteiger partial charge is 0.543 e. The van der Waals surface area contributed by atoms with Gasteiger partial charge in [-0.2, -0.15) is 0 Å². The Morgan fingerprint density at radius 3 is 1.73 bits per heavy atom. The molecule has 6 nitrogen and oxygen atoms in total. The molecule has 0 aromatic heterocycles. The second-order valence-corrected chi connectivity index (χ2v) is 1.20. The summed E-state index contributed by atoms with van der Waals surface area (Å²) in [7, 11) is 1.01. The summed E-state index contributed by atoms with van der Waals surface area (Å²) < 4.78 is 0. The van der Waals surface area contributed by atoms with Crippen LogP contribution in [-0.4, -0.2) is 24.8 Å². The zero-order valence-corrected chi connectivity index (χ0v) is 6.77. The maximum atomic E-state index is 9.79. The molecule has 1 radical (unpaired) electrons. The number of aliphatic carboxylic acids is 2. The number of carboxylic acids is 2. The Kier molecular flexibility index (Phi) is 6.86. The Balaban J connectivity index is 0. The number of nitrogens with zero attached hydrogens (tertiary/aromatic N) is 1. The summed E-state index contributed by atoms with van der Waals surface area (Å²) in [6.45, 7) is 0. The zero-order chi connectivity index (χ0) is 8.15. The first-order valence-electron chi connectivity index (χ1n) is 2.13. The number of hydrogen-bond donors (Lipinski definition) is 0. The van der Waals surface area contributed by atoms with Crippen LogP contribution in [0, 0.1) is 0 Å². The summed E-state index contributed by atoms with van der Waals surface area (Å²) in [5, 5.41) is 22.2. The van der Waals surface area contributed by atoms with Crippen LogP contribution in [0.2, 0.25) is 0 Å². The molecule has 0 saturated carbocycles. The van der Waals surface area contributed by atoms with Gasteiger partial charge >= 0.3 is 22.4 Å². The fourth-order valence-electron chi connectivity index (χ4n) is 0.249. The molecule has 0 heterocycles. The zero-order valence-electron chi connectivity index (χ0n) is 5.29. The van der Waals surface area contributed by atoms with Crippen LogP contribution in [0.4, 0.5) is 0 Å². The summed E-state index contributed by atoms with van der Waals surface area (Å²) in [5.74, 6) is -3.89. The van der Waals surface area contributed by atoms with E-state index in [9.17, 15) is 19.8 Å². The van der Waals surface area contributed by atoms with Gasteiger partial charge in [0.1, 0.15) is 12.8 Å². The van der Waals surface area contributed by atoms with Crippen LogP contribution in [0.15, 0.2) is 5.16 Å². The summed E-state index contributed by atoms with van der Waals surface area (Å²) in [6.07, 6.45) is 0. The van der Waals surface area contributed by atoms with Gasteiger partial charge in [0.05, 0.1) is 11.9 Å². The summed E-state index contributed by atoms with van der Waals surface area (Å²) in [4.78, 5) is 23.4. The van der Waals surface area contributed by atoms with E-state index in [2.05, 4.69) is 9.99 Å². The molecular weight excluding hydrogens is 250 g/mol. The molecule has 0 atom stereocenters. The van der Waals surface area contributed by atoms with Gasteiger partial charge in [-0.25, -0.2) is 0 Å². The van der Waals surface area contributed by atoms with Crippen molar-refractivity contribution in [1.29, 1.82) is 0 Å². The molecule has 0 unspecified atom stereocenters. The van der Waals surface area contributed by atoms with Crippen LogP contribution in [0.25, 0.3) is 0 Å². The number of carboxylic acid groups (broad SMARTS) is 2. The predicted octanol–water partition coefficient (Wildman–Crippen LogP) is -3.51. The second kappa shape index (κ2) is 5.90. The molecule has 0 spiro atoms. The first kappa shape index (κ1) is 12.8. The minimum absolute atomic E-state index is 0. The van der Waals surface area contributed by atoms with Gasteiger partial charge in [-0.1, -0.05) is 5.16 Å². The average Bonchev–Trinajstić information content (AvgIpc) is 1.81. The van der Waals surface area contributed by atoms with Crippen molar-refractivity contribution in [3.05, 3.63) is 0 Å². The molecule has 0 aliphatic rings. The minimum atomic E-state index is -1.94. The third kappa shape index (κ3) is 4.54. The fraction of sp³-hybridized carbons (Fsp3) is 0.250. The maximum absolute atomic E-state index is 9.79. The van der Waals surface area contributed by atoms with Crippen molar-refractivity contribution in [3.8, 4) is 0 Å². The molecule has 0 aliphatic carbocycles. The molecule has 0 aromatic carbocycles. The maximum Gasteiger partial charge on any atom is 2.00 e. The molecule has 11 heavy (non-hydrogen) atoms. The van der Waals surface area contributed by atoms with E-state index in [1.165, 1.54) is 0 Å². The molecule has 0 bridgehead atoms. The van der Waals surface area contributed by atoms with Crippen molar-refractivity contribution < 1.29 is 47.0 Å². The van der Waals surface area contributed by atoms with E-state index in [0.717, 1.165) is 7.11 Å². The van der Waals surface area contributed by atoms with Gasteiger partial charge < -0.3 is 24.6 Å². The number of carbonyl (C=O) groups is 2. The van der Waals surface area contributed by atoms with Crippen LogP contribution in [0.5, 0.6) is 0 Å². The van der Waals surface area contributed by atoms with E-state index >= 15 is 0 Å². The van der Waals surface area contributed by atoms with Crippen LogP contribution >= 0.6 is 0 Å². The Labute approximate surface area is 77.3 Å². The molecule has 7 heteroatoms. The Morgan fingerprint density at radius 2 is 1.64 bits per heavy atom. The standard InChI is InChI=1S/C4H5NO5.Ag/c1-10-5-2(3(6)7)4(8)9;/h1H3,(H,6,7)(H,8,9);/q;+2/p-2. The van der Waals surface area contributed by atoms with Crippen LogP contribution < -0.4 is 10.2 Å². The van der Waals surface area contributed by atoms with Crippen molar-refractivity contribution in [1.82, 2.24) is 0 Å². The number of hydrogen-bond acceptors (Lipinski definition) is 6.